The molecule has 3 aromatic rings. The monoisotopic (exact) mass is 409 g/mol. The lowest BCUT2D eigenvalue weighted by Crippen LogP contribution is -2.12. The number of nitrogens with one attached hydrogen (secondary N) is 1. The summed E-state index contributed by atoms with van der Waals surface area (Å²) in [5.74, 6) is -0.132. The molecule has 2 aromatic carbocycles. The summed E-state index contributed by atoms with van der Waals surface area (Å²) in [7, 11) is 0. The van der Waals surface area contributed by atoms with E-state index in [1.165, 1.54) is 4.70 Å². The Hall–Kier alpha value is -1.17. The van der Waals surface area contributed by atoms with Crippen molar-refractivity contribution in [2.75, 3.05) is 5.32 Å². The highest BCUT2D eigenvalue weighted by Gasteiger charge is 2.11. The molecule has 0 spiro atoms. The van der Waals surface area contributed by atoms with Crippen LogP contribution in [0.25, 0.3) is 10.1 Å². The van der Waals surface area contributed by atoms with Crippen molar-refractivity contribution < 1.29 is 4.79 Å². The maximum Gasteiger partial charge on any atom is 0.256 e. The third-order valence-corrected chi connectivity index (χ3v) is 4.97. The number of halogens is 2. The molecule has 100 valence electrons. The van der Waals surface area contributed by atoms with Gasteiger partial charge in [-0.15, -0.1) is 11.3 Å². The molecule has 0 aliphatic heterocycles. The van der Waals surface area contributed by atoms with E-state index in [9.17, 15) is 4.79 Å². The molecule has 0 fully saturated rings. The predicted octanol–water partition coefficient (Wildman–Crippen LogP) is 5.68. The van der Waals surface area contributed by atoms with Crippen LogP contribution in [-0.4, -0.2) is 5.91 Å². The Morgan fingerprint density at radius 1 is 1.05 bits per heavy atom. The molecule has 0 aliphatic carbocycles. The van der Waals surface area contributed by atoms with Crippen LogP contribution in [0.3, 0.4) is 0 Å². The molecule has 20 heavy (non-hydrogen) atoms. The van der Waals surface area contributed by atoms with E-state index in [2.05, 4.69) is 37.2 Å². The summed E-state index contributed by atoms with van der Waals surface area (Å²) in [6.07, 6.45) is 0. The van der Waals surface area contributed by atoms with Crippen LogP contribution in [0, 0.1) is 0 Å². The van der Waals surface area contributed by atoms with Crippen LogP contribution in [0.2, 0.25) is 0 Å². The second-order valence-corrected chi connectivity index (χ2v) is 6.97. The van der Waals surface area contributed by atoms with Crippen molar-refractivity contribution in [3.63, 3.8) is 0 Å². The summed E-state index contributed by atoms with van der Waals surface area (Å²) in [4.78, 5) is 12.3. The standard InChI is InChI=1S/C15H9Br2NOS/c16-10-1-3-13(17)12(8-10)15(19)18-11-2-4-14-9(7-11)5-6-20-14/h1-8H,(H,18,19). The highest BCUT2D eigenvalue weighted by molar-refractivity contribution is 9.11. The van der Waals surface area contributed by atoms with Crippen molar-refractivity contribution in [1.29, 1.82) is 0 Å². The molecular weight excluding hydrogens is 402 g/mol. The van der Waals surface area contributed by atoms with Crippen molar-refractivity contribution in [3.05, 3.63) is 62.4 Å². The summed E-state index contributed by atoms with van der Waals surface area (Å²) >= 11 is 8.47. The number of thiophene rings is 1. The highest BCUT2D eigenvalue weighted by Crippen LogP contribution is 2.26. The van der Waals surface area contributed by atoms with Crippen LogP contribution in [-0.2, 0) is 0 Å². The Bertz CT molecular complexity index is 797. The fraction of sp³-hybridized carbons (Fsp3) is 0. The Morgan fingerprint density at radius 2 is 1.90 bits per heavy atom. The molecular formula is C15H9Br2NOS. The summed E-state index contributed by atoms with van der Waals surface area (Å²) in [5, 5.41) is 6.11. The number of amides is 1. The minimum atomic E-state index is -0.132. The van der Waals surface area contributed by atoms with Gasteiger partial charge < -0.3 is 5.32 Å². The molecule has 0 atom stereocenters. The Balaban J connectivity index is 1.89. The van der Waals surface area contributed by atoms with Crippen LogP contribution < -0.4 is 5.32 Å². The average molecular weight is 411 g/mol. The summed E-state index contributed by atoms with van der Waals surface area (Å²) in [6, 6.07) is 13.5. The number of hydrogen-bond donors (Lipinski definition) is 1. The quantitative estimate of drug-likeness (QED) is 0.578. The van der Waals surface area contributed by atoms with E-state index >= 15 is 0 Å². The van der Waals surface area contributed by atoms with Crippen molar-refractivity contribution in [2.45, 2.75) is 0 Å². The summed E-state index contributed by atoms with van der Waals surface area (Å²) in [6.45, 7) is 0. The predicted molar refractivity (Wildman–Crippen MR) is 91.6 cm³/mol. The molecule has 0 saturated carbocycles. The van der Waals surface area contributed by atoms with Gasteiger partial charge in [-0.05, 0) is 69.2 Å². The van der Waals surface area contributed by atoms with E-state index in [1.54, 1.807) is 17.4 Å². The van der Waals surface area contributed by atoms with Crippen molar-refractivity contribution in [1.82, 2.24) is 0 Å². The zero-order valence-electron chi connectivity index (χ0n) is 10.2. The Kier molecular flexibility index (Phi) is 3.92. The molecule has 0 bridgehead atoms. The van der Waals surface area contributed by atoms with Gasteiger partial charge in [0.05, 0.1) is 5.56 Å². The molecule has 5 heteroatoms. The maximum atomic E-state index is 12.3. The van der Waals surface area contributed by atoms with Crippen molar-refractivity contribution in [2.24, 2.45) is 0 Å². The van der Waals surface area contributed by atoms with Gasteiger partial charge in [-0.25, -0.2) is 0 Å². The molecule has 1 heterocycles. The van der Waals surface area contributed by atoms with Crippen LogP contribution in [0.4, 0.5) is 5.69 Å². The second-order valence-electron chi connectivity index (χ2n) is 4.25. The van der Waals surface area contributed by atoms with E-state index in [-0.39, 0.29) is 5.91 Å². The van der Waals surface area contributed by atoms with Crippen molar-refractivity contribution >= 4 is 64.9 Å². The van der Waals surface area contributed by atoms with E-state index in [0.29, 0.717) is 5.56 Å². The van der Waals surface area contributed by atoms with E-state index in [0.717, 1.165) is 20.0 Å². The van der Waals surface area contributed by atoms with Crippen LogP contribution in [0.1, 0.15) is 10.4 Å². The smallest absolute Gasteiger partial charge is 0.256 e. The van der Waals surface area contributed by atoms with Crippen LogP contribution >= 0.6 is 43.2 Å². The minimum absolute atomic E-state index is 0.132. The summed E-state index contributed by atoms with van der Waals surface area (Å²) in [5.41, 5.74) is 1.40. The SMILES string of the molecule is O=C(Nc1ccc2sccc2c1)c1cc(Br)ccc1Br. The van der Waals surface area contributed by atoms with Gasteiger partial charge in [-0.1, -0.05) is 15.9 Å². The van der Waals surface area contributed by atoms with Gasteiger partial charge in [0, 0.05) is 19.3 Å². The number of anilines is 1. The average Bonchev–Trinajstić information content (AvgIpc) is 2.89. The lowest BCUT2D eigenvalue weighted by Gasteiger charge is -2.07. The zero-order chi connectivity index (χ0) is 14.1. The van der Waals surface area contributed by atoms with Gasteiger partial charge in [0.15, 0.2) is 0 Å². The largest absolute Gasteiger partial charge is 0.322 e. The van der Waals surface area contributed by atoms with Crippen LogP contribution in [0.5, 0.6) is 0 Å². The van der Waals surface area contributed by atoms with E-state index in [1.807, 2.05) is 41.8 Å². The van der Waals surface area contributed by atoms with Gasteiger partial charge in [0.25, 0.3) is 5.91 Å². The topological polar surface area (TPSA) is 29.1 Å². The minimum Gasteiger partial charge on any atom is -0.322 e. The fourth-order valence-electron chi connectivity index (χ4n) is 1.91. The molecule has 3 rings (SSSR count). The molecule has 0 aliphatic rings. The number of carbonyl (C=O) groups excluding carboxylic acids is 1. The third kappa shape index (κ3) is 2.80. The molecule has 2 nitrogen and oxygen atoms in total. The maximum absolute atomic E-state index is 12.3. The molecule has 0 saturated heterocycles. The number of hydrogen-bond acceptors (Lipinski definition) is 2. The second kappa shape index (κ2) is 5.68. The molecule has 0 unspecified atom stereocenters. The molecule has 0 radical (unpaired) electrons. The lowest BCUT2D eigenvalue weighted by molar-refractivity contribution is 0.102. The number of rotatable bonds is 2. The fourth-order valence-corrected chi connectivity index (χ4v) is 3.47. The van der Waals surface area contributed by atoms with Gasteiger partial charge in [0.1, 0.15) is 0 Å². The molecule has 1 amide bonds. The normalized spacial score (nSPS) is 10.7. The first-order valence-electron chi connectivity index (χ1n) is 5.87. The number of fused-ring (bicyclic) bond motifs is 1. The van der Waals surface area contributed by atoms with Crippen molar-refractivity contribution in [3.8, 4) is 0 Å². The third-order valence-electron chi connectivity index (χ3n) is 2.88. The number of carbonyl (C=O) groups is 1. The van der Waals surface area contributed by atoms with Crippen LogP contribution in [0.15, 0.2) is 56.8 Å². The first-order valence-corrected chi connectivity index (χ1v) is 8.34. The van der Waals surface area contributed by atoms with Gasteiger partial charge in [0.2, 0.25) is 0 Å². The number of benzene rings is 2. The summed E-state index contributed by atoms with van der Waals surface area (Å²) < 4.78 is 2.86. The molecule has 1 N–H and O–H groups in total. The van der Waals surface area contributed by atoms with Gasteiger partial charge >= 0.3 is 0 Å². The Morgan fingerprint density at radius 3 is 2.75 bits per heavy atom. The van der Waals surface area contributed by atoms with E-state index in [4.69, 9.17) is 0 Å². The Labute approximate surface area is 137 Å². The van der Waals surface area contributed by atoms with Gasteiger partial charge in [-0.3, -0.25) is 4.79 Å². The zero-order valence-corrected chi connectivity index (χ0v) is 14.2. The lowest BCUT2D eigenvalue weighted by atomic mass is 10.2. The highest BCUT2D eigenvalue weighted by atomic mass is 79.9. The van der Waals surface area contributed by atoms with Gasteiger partial charge in [-0.2, -0.15) is 0 Å². The first kappa shape index (κ1) is 13.8. The molecule has 1 aromatic heterocycles. The first-order chi connectivity index (χ1) is 9.63. The van der Waals surface area contributed by atoms with E-state index < -0.39 is 0 Å².